The zero-order valence-electron chi connectivity index (χ0n) is 14.2. The summed E-state index contributed by atoms with van der Waals surface area (Å²) in [5.74, 6) is -0.544. The first-order valence-corrected chi connectivity index (χ1v) is 9.23. The number of hydrogen-bond acceptors (Lipinski definition) is 5. The highest BCUT2D eigenvalue weighted by Gasteiger charge is 2.34. The Morgan fingerprint density at radius 3 is 2.68 bits per heavy atom. The summed E-state index contributed by atoms with van der Waals surface area (Å²) in [7, 11) is 0. The van der Waals surface area contributed by atoms with Gasteiger partial charge in [-0.05, 0) is 24.3 Å². The first kappa shape index (κ1) is 20.2. The van der Waals surface area contributed by atoms with Gasteiger partial charge < -0.3 is 9.73 Å². The van der Waals surface area contributed by atoms with E-state index in [1.165, 1.54) is 29.4 Å². The molecule has 3 rings (SSSR count). The van der Waals surface area contributed by atoms with Gasteiger partial charge in [0.2, 0.25) is 5.91 Å². The van der Waals surface area contributed by atoms with Crippen molar-refractivity contribution in [2.45, 2.75) is 12.6 Å². The SMILES string of the molecule is O=C(CCN1C(=O)C(=Cc2ccco2)SC1=S)Nc1ccccc1C(F)(F)F. The van der Waals surface area contributed by atoms with E-state index < -0.39 is 17.6 Å². The highest BCUT2D eigenvalue weighted by molar-refractivity contribution is 8.26. The molecule has 0 atom stereocenters. The minimum absolute atomic E-state index is 0.0415. The molecule has 2 heterocycles. The molecule has 1 aromatic carbocycles. The summed E-state index contributed by atoms with van der Waals surface area (Å²) >= 11 is 6.23. The van der Waals surface area contributed by atoms with Crippen molar-refractivity contribution in [1.82, 2.24) is 4.90 Å². The van der Waals surface area contributed by atoms with Crippen LogP contribution in [-0.2, 0) is 15.8 Å². The van der Waals surface area contributed by atoms with E-state index in [2.05, 4.69) is 5.32 Å². The van der Waals surface area contributed by atoms with E-state index in [-0.39, 0.29) is 28.9 Å². The molecule has 0 saturated carbocycles. The number of amides is 2. The van der Waals surface area contributed by atoms with Crippen molar-refractivity contribution in [3.8, 4) is 0 Å². The fourth-order valence-electron chi connectivity index (χ4n) is 2.46. The number of halogens is 3. The fourth-order valence-corrected chi connectivity index (χ4v) is 3.75. The van der Waals surface area contributed by atoms with Gasteiger partial charge in [0.15, 0.2) is 0 Å². The predicted octanol–water partition coefficient (Wildman–Crippen LogP) is 4.53. The maximum absolute atomic E-state index is 13.0. The molecule has 0 spiro atoms. The quantitative estimate of drug-likeness (QED) is 0.562. The van der Waals surface area contributed by atoms with Crippen molar-refractivity contribution < 1.29 is 27.2 Å². The Hall–Kier alpha value is -2.59. The molecule has 2 aromatic rings. The van der Waals surface area contributed by atoms with E-state index in [1.807, 2.05) is 0 Å². The number of alkyl halides is 3. The molecule has 1 N–H and O–H groups in total. The minimum Gasteiger partial charge on any atom is -0.465 e. The van der Waals surface area contributed by atoms with E-state index in [4.69, 9.17) is 16.6 Å². The van der Waals surface area contributed by atoms with Gasteiger partial charge >= 0.3 is 6.18 Å². The first-order valence-electron chi connectivity index (χ1n) is 8.00. The number of hydrogen-bond donors (Lipinski definition) is 1. The average Bonchev–Trinajstić information content (AvgIpc) is 3.22. The third-order valence-corrected chi connectivity index (χ3v) is 5.14. The summed E-state index contributed by atoms with van der Waals surface area (Å²) < 4.78 is 44.4. The summed E-state index contributed by atoms with van der Waals surface area (Å²) in [4.78, 5) is 26.1. The molecule has 1 aliphatic rings. The molecule has 1 saturated heterocycles. The highest BCUT2D eigenvalue weighted by atomic mass is 32.2. The summed E-state index contributed by atoms with van der Waals surface area (Å²) in [5, 5.41) is 2.24. The molecule has 0 radical (unpaired) electrons. The van der Waals surface area contributed by atoms with Crippen molar-refractivity contribution >= 4 is 51.9 Å². The van der Waals surface area contributed by atoms with Gasteiger partial charge in [0.05, 0.1) is 22.4 Å². The van der Waals surface area contributed by atoms with Crippen molar-refractivity contribution in [2.75, 3.05) is 11.9 Å². The molecule has 1 aromatic heterocycles. The fraction of sp³-hybridized carbons (Fsp3) is 0.167. The van der Waals surface area contributed by atoms with Crippen LogP contribution in [0, 0.1) is 0 Å². The normalized spacial score (nSPS) is 16.1. The highest BCUT2D eigenvalue weighted by Crippen LogP contribution is 2.35. The van der Waals surface area contributed by atoms with Crippen LogP contribution < -0.4 is 5.32 Å². The monoisotopic (exact) mass is 426 g/mol. The molecule has 1 aliphatic heterocycles. The Kier molecular flexibility index (Phi) is 5.90. The van der Waals surface area contributed by atoms with Crippen LogP contribution in [-0.4, -0.2) is 27.6 Å². The van der Waals surface area contributed by atoms with Gasteiger partial charge in [0.1, 0.15) is 10.1 Å². The molecule has 0 aliphatic carbocycles. The van der Waals surface area contributed by atoms with E-state index in [9.17, 15) is 22.8 Å². The lowest BCUT2D eigenvalue weighted by Gasteiger charge is -2.16. The zero-order chi connectivity index (χ0) is 20.3. The molecule has 0 bridgehead atoms. The van der Waals surface area contributed by atoms with Crippen LogP contribution in [0.15, 0.2) is 52.0 Å². The van der Waals surface area contributed by atoms with Gasteiger partial charge in [0.25, 0.3) is 5.91 Å². The second-order valence-corrected chi connectivity index (χ2v) is 7.37. The topological polar surface area (TPSA) is 62.6 Å². The summed E-state index contributed by atoms with van der Waals surface area (Å²) in [5.41, 5.74) is -1.27. The number of furan rings is 1. The summed E-state index contributed by atoms with van der Waals surface area (Å²) in [6.45, 7) is -0.0415. The molecule has 28 heavy (non-hydrogen) atoms. The van der Waals surface area contributed by atoms with E-state index >= 15 is 0 Å². The van der Waals surface area contributed by atoms with Gasteiger partial charge in [-0.1, -0.05) is 36.1 Å². The standard InChI is InChI=1S/C18H13F3N2O3S2/c19-18(20,21)12-5-1-2-6-13(12)22-15(24)7-8-23-16(25)14(28-17(23)27)10-11-4-3-9-26-11/h1-6,9-10H,7-8H2,(H,22,24). The second kappa shape index (κ2) is 8.19. The number of benzene rings is 1. The van der Waals surface area contributed by atoms with Crippen LogP contribution in [0.4, 0.5) is 18.9 Å². The number of carbonyl (C=O) groups is 2. The zero-order valence-corrected chi connectivity index (χ0v) is 15.8. The van der Waals surface area contributed by atoms with Crippen LogP contribution >= 0.6 is 24.0 Å². The Labute approximate surface area is 167 Å². The molecular weight excluding hydrogens is 413 g/mol. The molecule has 146 valence electrons. The molecule has 1 fully saturated rings. The smallest absolute Gasteiger partial charge is 0.418 e. The van der Waals surface area contributed by atoms with Crippen molar-refractivity contribution in [3.63, 3.8) is 0 Å². The van der Waals surface area contributed by atoms with Gasteiger partial charge in [0, 0.05) is 19.0 Å². The number of anilines is 1. The van der Waals surface area contributed by atoms with Crippen LogP contribution in [0.25, 0.3) is 6.08 Å². The minimum atomic E-state index is -4.58. The molecule has 10 heteroatoms. The number of rotatable bonds is 5. The third-order valence-electron chi connectivity index (χ3n) is 3.76. The lowest BCUT2D eigenvalue weighted by molar-refractivity contribution is -0.137. The number of nitrogens with one attached hydrogen (secondary N) is 1. The lowest BCUT2D eigenvalue weighted by Crippen LogP contribution is -2.31. The summed E-state index contributed by atoms with van der Waals surface area (Å²) in [6, 6.07) is 8.05. The van der Waals surface area contributed by atoms with E-state index in [0.29, 0.717) is 10.7 Å². The molecule has 0 unspecified atom stereocenters. The van der Waals surface area contributed by atoms with E-state index in [0.717, 1.165) is 17.8 Å². The maximum Gasteiger partial charge on any atom is 0.418 e. The van der Waals surface area contributed by atoms with Crippen molar-refractivity contribution in [2.24, 2.45) is 0 Å². The first-order chi connectivity index (χ1) is 13.3. The van der Waals surface area contributed by atoms with Crippen LogP contribution in [0.2, 0.25) is 0 Å². The summed E-state index contributed by atoms with van der Waals surface area (Å²) in [6.07, 6.45) is -1.78. The van der Waals surface area contributed by atoms with Gasteiger partial charge in [-0.15, -0.1) is 0 Å². The molecular formula is C18H13F3N2O3S2. The van der Waals surface area contributed by atoms with E-state index in [1.54, 1.807) is 18.2 Å². The number of carbonyl (C=O) groups excluding carboxylic acids is 2. The average molecular weight is 426 g/mol. The molecule has 2 amide bonds. The van der Waals surface area contributed by atoms with Crippen LogP contribution in [0.5, 0.6) is 0 Å². The number of nitrogens with zero attached hydrogens (tertiary/aromatic N) is 1. The Balaban J connectivity index is 1.62. The van der Waals surface area contributed by atoms with Crippen LogP contribution in [0.1, 0.15) is 17.7 Å². The second-order valence-electron chi connectivity index (χ2n) is 5.69. The number of para-hydroxylation sites is 1. The van der Waals surface area contributed by atoms with Crippen LogP contribution in [0.3, 0.4) is 0 Å². The van der Waals surface area contributed by atoms with Gasteiger partial charge in [-0.25, -0.2) is 0 Å². The van der Waals surface area contributed by atoms with Crippen molar-refractivity contribution in [1.29, 1.82) is 0 Å². The number of thiocarbonyl (C=S) groups is 1. The van der Waals surface area contributed by atoms with Gasteiger partial charge in [-0.3, -0.25) is 14.5 Å². The lowest BCUT2D eigenvalue weighted by atomic mass is 10.1. The predicted molar refractivity (Wildman–Crippen MR) is 103 cm³/mol. The largest absolute Gasteiger partial charge is 0.465 e. The Morgan fingerprint density at radius 1 is 1.25 bits per heavy atom. The number of thioether (sulfide) groups is 1. The van der Waals surface area contributed by atoms with Crippen molar-refractivity contribution in [3.05, 3.63) is 58.9 Å². The Morgan fingerprint density at radius 2 is 2.00 bits per heavy atom. The molecule has 5 nitrogen and oxygen atoms in total. The maximum atomic E-state index is 13.0. The third kappa shape index (κ3) is 4.63. The van der Waals surface area contributed by atoms with Gasteiger partial charge in [-0.2, -0.15) is 13.2 Å². The Bertz CT molecular complexity index is 940.